The Bertz CT molecular complexity index is 763. The topological polar surface area (TPSA) is 95.8 Å². The van der Waals surface area contributed by atoms with Crippen LogP contribution in [0.15, 0.2) is 30.6 Å². The molecule has 7 heteroatoms. The molecule has 2 heterocycles. The maximum absolute atomic E-state index is 14.4. The van der Waals surface area contributed by atoms with Gasteiger partial charge in [0.1, 0.15) is 5.82 Å². The Morgan fingerprint density at radius 1 is 1.40 bits per heavy atom. The predicted molar refractivity (Wildman–Crippen MR) is 91.9 cm³/mol. The van der Waals surface area contributed by atoms with Crippen LogP contribution >= 0.6 is 0 Å². The van der Waals surface area contributed by atoms with E-state index >= 15 is 0 Å². The molecule has 1 aliphatic carbocycles. The van der Waals surface area contributed by atoms with Crippen LogP contribution in [0.5, 0.6) is 0 Å². The van der Waals surface area contributed by atoms with Crippen LogP contribution in [0, 0.1) is 11.7 Å². The van der Waals surface area contributed by atoms with E-state index in [0.717, 1.165) is 30.4 Å². The molecule has 4 atom stereocenters. The molecular weight excluding hydrogens is 321 g/mol. The van der Waals surface area contributed by atoms with Gasteiger partial charge in [0.2, 0.25) is 5.91 Å². The van der Waals surface area contributed by atoms with Crippen molar-refractivity contribution >= 4 is 5.91 Å². The molecular formula is C18H22FN5O. The Kier molecular flexibility index (Phi) is 4.27. The number of carbonyl (C=O) groups excluding carboxylic acids is 1. The Morgan fingerprint density at radius 2 is 2.28 bits per heavy atom. The average Bonchev–Trinajstić information content (AvgIpc) is 3.34. The van der Waals surface area contributed by atoms with E-state index in [9.17, 15) is 9.18 Å². The highest BCUT2D eigenvalue weighted by molar-refractivity contribution is 5.83. The fraction of sp³-hybridized carbons (Fsp3) is 0.444. The number of nitrogens with zero attached hydrogens (tertiary/aromatic N) is 1. The summed E-state index contributed by atoms with van der Waals surface area (Å²) in [6.45, 7) is 0. The maximum atomic E-state index is 14.4. The van der Waals surface area contributed by atoms with Crippen LogP contribution in [0.4, 0.5) is 4.39 Å². The summed E-state index contributed by atoms with van der Waals surface area (Å²) in [5.41, 5.74) is 8.09. The van der Waals surface area contributed by atoms with Crippen molar-refractivity contribution in [1.82, 2.24) is 20.8 Å². The van der Waals surface area contributed by atoms with Gasteiger partial charge in [-0.3, -0.25) is 9.89 Å². The second-order valence-electron chi connectivity index (χ2n) is 7.03. The fourth-order valence-electron chi connectivity index (χ4n) is 4.01. The standard InChI is InChI=1S/C18H22FN5O/c19-15-6-10(13-8-21-22-9-13)1-2-11(15)7-16(20)24-18(25)17-12-3-4-14(5-12)23-17/h1-2,6,8-9,12,14,16-17,23H,3-5,7,20H2,(H,21,22)(H,24,25)/t12-,14+,16-,17-/m0/s1. The second kappa shape index (κ2) is 6.57. The second-order valence-corrected chi connectivity index (χ2v) is 7.03. The molecule has 132 valence electrons. The number of benzene rings is 1. The van der Waals surface area contributed by atoms with Gasteiger partial charge in [-0.25, -0.2) is 4.39 Å². The Hall–Kier alpha value is -2.25. The Morgan fingerprint density at radius 3 is 2.92 bits per heavy atom. The maximum Gasteiger partial charge on any atom is 0.238 e. The molecule has 1 aliphatic heterocycles. The molecule has 4 rings (SSSR count). The van der Waals surface area contributed by atoms with E-state index in [1.54, 1.807) is 18.5 Å². The van der Waals surface area contributed by atoms with Crippen molar-refractivity contribution < 1.29 is 9.18 Å². The van der Waals surface area contributed by atoms with Gasteiger partial charge < -0.3 is 16.4 Å². The molecule has 5 N–H and O–H groups in total. The molecule has 2 aromatic rings. The first-order valence-corrected chi connectivity index (χ1v) is 8.70. The summed E-state index contributed by atoms with van der Waals surface area (Å²) in [7, 11) is 0. The zero-order valence-corrected chi connectivity index (χ0v) is 13.8. The smallest absolute Gasteiger partial charge is 0.238 e. The SMILES string of the molecule is N[C@H](Cc1ccc(-c2cn[nH]c2)cc1F)NC(=O)[C@H]1N[C@@H]2CC[C@H]1C2. The van der Waals surface area contributed by atoms with Crippen LogP contribution in [0.3, 0.4) is 0 Å². The molecule has 1 saturated carbocycles. The van der Waals surface area contributed by atoms with Gasteiger partial charge in [-0.2, -0.15) is 5.10 Å². The third kappa shape index (κ3) is 3.29. The molecule has 6 nitrogen and oxygen atoms in total. The van der Waals surface area contributed by atoms with Crippen molar-refractivity contribution in [2.24, 2.45) is 11.7 Å². The third-order valence-corrected chi connectivity index (χ3v) is 5.29. The Labute approximate surface area is 145 Å². The number of hydrogen-bond donors (Lipinski definition) is 4. The number of aromatic amines is 1. The largest absolute Gasteiger partial charge is 0.339 e. The monoisotopic (exact) mass is 343 g/mol. The number of nitrogens with two attached hydrogens (primary N) is 1. The first kappa shape index (κ1) is 16.2. The highest BCUT2D eigenvalue weighted by atomic mass is 19.1. The number of rotatable bonds is 5. The molecule has 0 spiro atoms. The molecule has 1 aromatic heterocycles. The number of nitrogens with one attached hydrogen (secondary N) is 3. The van der Waals surface area contributed by atoms with Crippen LogP contribution in [0.2, 0.25) is 0 Å². The van der Waals surface area contributed by atoms with Crippen molar-refractivity contribution in [2.75, 3.05) is 0 Å². The van der Waals surface area contributed by atoms with Crippen molar-refractivity contribution in [2.45, 2.75) is 43.9 Å². The summed E-state index contributed by atoms with van der Waals surface area (Å²) in [5.74, 6) is -0.000229. The summed E-state index contributed by atoms with van der Waals surface area (Å²) in [6, 6.07) is 5.31. The minimum atomic E-state index is -0.609. The molecule has 2 fully saturated rings. The number of H-pyrrole nitrogens is 1. The van der Waals surface area contributed by atoms with Gasteiger partial charge >= 0.3 is 0 Å². The van der Waals surface area contributed by atoms with Crippen molar-refractivity contribution in [1.29, 1.82) is 0 Å². The van der Waals surface area contributed by atoms with Crippen molar-refractivity contribution in [3.05, 3.63) is 42.0 Å². The van der Waals surface area contributed by atoms with Crippen LogP contribution in [0.1, 0.15) is 24.8 Å². The zero-order valence-electron chi connectivity index (χ0n) is 13.8. The first-order chi connectivity index (χ1) is 12.1. The lowest BCUT2D eigenvalue weighted by Gasteiger charge is -2.24. The Balaban J connectivity index is 1.37. The molecule has 2 aliphatic rings. The van der Waals surface area contributed by atoms with E-state index in [4.69, 9.17) is 5.73 Å². The molecule has 0 unspecified atom stereocenters. The third-order valence-electron chi connectivity index (χ3n) is 5.29. The number of fused-ring (bicyclic) bond motifs is 2. The van der Waals surface area contributed by atoms with Crippen LogP contribution in [-0.4, -0.2) is 34.4 Å². The zero-order chi connectivity index (χ0) is 17.4. The molecule has 2 bridgehead atoms. The highest BCUT2D eigenvalue weighted by Gasteiger charge is 2.42. The predicted octanol–water partition coefficient (Wildman–Crippen LogP) is 1.30. The lowest BCUT2D eigenvalue weighted by Crippen LogP contribution is -2.53. The highest BCUT2D eigenvalue weighted by Crippen LogP contribution is 2.35. The summed E-state index contributed by atoms with van der Waals surface area (Å²) in [6.07, 6.45) is 6.30. The molecule has 0 radical (unpaired) electrons. The van der Waals surface area contributed by atoms with Gasteiger partial charge in [0, 0.05) is 24.2 Å². The van der Waals surface area contributed by atoms with Gasteiger partial charge in [-0.1, -0.05) is 12.1 Å². The molecule has 1 aromatic carbocycles. The van der Waals surface area contributed by atoms with E-state index in [1.165, 1.54) is 6.07 Å². The normalized spacial score (nSPS) is 25.9. The minimum absolute atomic E-state index is 0.0740. The van der Waals surface area contributed by atoms with Gasteiger partial charge in [0.05, 0.1) is 18.4 Å². The first-order valence-electron chi connectivity index (χ1n) is 8.70. The summed E-state index contributed by atoms with van der Waals surface area (Å²) in [4.78, 5) is 12.4. The number of carbonyl (C=O) groups is 1. The van der Waals surface area contributed by atoms with Crippen LogP contribution < -0.4 is 16.4 Å². The number of halogens is 1. The lowest BCUT2D eigenvalue weighted by atomic mass is 9.99. The van der Waals surface area contributed by atoms with E-state index < -0.39 is 6.17 Å². The van der Waals surface area contributed by atoms with Gasteiger partial charge in [0.25, 0.3) is 0 Å². The van der Waals surface area contributed by atoms with Gasteiger partial charge in [-0.15, -0.1) is 0 Å². The van der Waals surface area contributed by atoms with Gasteiger partial charge in [0.15, 0.2) is 0 Å². The number of aromatic nitrogens is 2. The summed E-state index contributed by atoms with van der Waals surface area (Å²) in [5, 5.41) is 12.7. The molecule has 1 amide bonds. The van der Waals surface area contributed by atoms with Crippen molar-refractivity contribution in [3.63, 3.8) is 0 Å². The van der Waals surface area contributed by atoms with E-state index in [1.807, 2.05) is 6.07 Å². The van der Waals surface area contributed by atoms with Crippen molar-refractivity contribution in [3.8, 4) is 11.1 Å². The minimum Gasteiger partial charge on any atom is -0.339 e. The average molecular weight is 343 g/mol. The number of hydrogen-bond acceptors (Lipinski definition) is 4. The van der Waals surface area contributed by atoms with Gasteiger partial charge in [-0.05, 0) is 42.4 Å². The molecule has 25 heavy (non-hydrogen) atoms. The van der Waals surface area contributed by atoms with E-state index in [2.05, 4.69) is 20.8 Å². The van der Waals surface area contributed by atoms with E-state index in [0.29, 0.717) is 17.5 Å². The summed E-state index contributed by atoms with van der Waals surface area (Å²) >= 11 is 0. The summed E-state index contributed by atoms with van der Waals surface area (Å²) < 4.78 is 14.4. The fourth-order valence-corrected chi connectivity index (χ4v) is 4.01. The quantitative estimate of drug-likeness (QED) is 0.615. The van der Waals surface area contributed by atoms with Crippen LogP contribution in [-0.2, 0) is 11.2 Å². The molecule has 1 saturated heterocycles. The van der Waals surface area contributed by atoms with Crippen LogP contribution in [0.25, 0.3) is 11.1 Å². The van der Waals surface area contributed by atoms with E-state index in [-0.39, 0.29) is 24.2 Å². The number of amides is 1. The number of piperidine rings is 1. The lowest BCUT2D eigenvalue weighted by molar-refractivity contribution is -0.124.